The van der Waals surface area contributed by atoms with E-state index in [0.29, 0.717) is 5.92 Å². The van der Waals surface area contributed by atoms with Crippen molar-refractivity contribution in [2.45, 2.75) is 27.2 Å². The molecule has 0 aliphatic carbocycles. The highest BCUT2D eigenvalue weighted by Gasteiger charge is 2.15. The van der Waals surface area contributed by atoms with Gasteiger partial charge in [0.1, 0.15) is 0 Å². The number of nitrogens with zero attached hydrogens (tertiary/aromatic N) is 1. The van der Waals surface area contributed by atoms with Crippen molar-refractivity contribution in [2.75, 3.05) is 26.8 Å². The van der Waals surface area contributed by atoms with E-state index in [9.17, 15) is 0 Å². The van der Waals surface area contributed by atoms with Gasteiger partial charge in [-0.25, -0.2) is 0 Å². The fourth-order valence-electron chi connectivity index (χ4n) is 1.15. The standard InChI is InChI=1S/C11H22N2O/c1-10(8-14-4)7-13-6-5-11(2,3)9-12/h10,13H,5-8H2,1-4H3. The second kappa shape index (κ2) is 6.80. The molecule has 0 fully saturated rings. The van der Waals surface area contributed by atoms with Crippen LogP contribution in [0.4, 0.5) is 0 Å². The first-order valence-electron chi connectivity index (χ1n) is 5.13. The van der Waals surface area contributed by atoms with E-state index in [2.05, 4.69) is 18.3 Å². The molecule has 3 nitrogen and oxygen atoms in total. The third-order valence-corrected chi connectivity index (χ3v) is 2.17. The van der Waals surface area contributed by atoms with Gasteiger partial charge in [0.05, 0.1) is 11.5 Å². The van der Waals surface area contributed by atoms with E-state index in [-0.39, 0.29) is 5.41 Å². The lowest BCUT2D eigenvalue weighted by molar-refractivity contribution is 0.158. The van der Waals surface area contributed by atoms with E-state index in [0.717, 1.165) is 26.1 Å². The minimum Gasteiger partial charge on any atom is -0.384 e. The van der Waals surface area contributed by atoms with Crippen LogP contribution in [0.2, 0.25) is 0 Å². The summed E-state index contributed by atoms with van der Waals surface area (Å²) in [5.41, 5.74) is -0.211. The predicted molar refractivity (Wildman–Crippen MR) is 57.9 cm³/mol. The molecule has 0 aromatic carbocycles. The van der Waals surface area contributed by atoms with Gasteiger partial charge in [0.15, 0.2) is 0 Å². The molecule has 0 aliphatic rings. The maximum atomic E-state index is 8.79. The number of nitriles is 1. The summed E-state index contributed by atoms with van der Waals surface area (Å²) in [6.07, 6.45) is 0.892. The Kier molecular flexibility index (Phi) is 6.52. The molecular formula is C11H22N2O. The number of hydrogen-bond donors (Lipinski definition) is 1. The zero-order valence-corrected chi connectivity index (χ0v) is 9.76. The number of nitrogens with one attached hydrogen (secondary N) is 1. The van der Waals surface area contributed by atoms with Gasteiger partial charge in [-0.2, -0.15) is 5.26 Å². The Morgan fingerprint density at radius 1 is 1.50 bits per heavy atom. The van der Waals surface area contributed by atoms with Gasteiger partial charge >= 0.3 is 0 Å². The van der Waals surface area contributed by atoms with Crippen LogP contribution in [0, 0.1) is 22.7 Å². The fraction of sp³-hybridized carbons (Fsp3) is 0.909. The van der Waals surface area contributed by atoms with Crippen LogP contribution in [-0.4, -0.2) is 26.8 Å². The lowest BCUT2D eigenvalue weighted by Crippen LogP contribution is -2.27. The first-order valence-corrected chi connectivity index (χ1v) is 5.13. The molecule has 0 bridgehead atoms. The minimum absolute atomic E-state index is 0.211. The summed E-state index contributed by atoms with van der Waals surface area (Å²) in [6.45, 7) is 8.71. The summed E-state index contributed by atoms with van der Waals surface area (Å²) >= 11 is 0. The van der Waals surface area contributed by atoms with E-state index in [1.807, 2.05) is 13.8 Å². The maximum Gasteiger partial charge on any atom is 0.0684 e. The van der Waals surface area contributed by atoms with Crippen molar-refractivity contribution in [1.29, 1.82) is 5.26 Å². The zero-order chi connectivity index (χ0) is 11.0. The van der Waals surface area contributed by atoms with E-state index in [1.54, 1.807) is 7.11 Å². The third kappa shape index (κ3) is 6.88. The van der Waals surface area contributed by atoms with Crippen LogP contribution in [0.25, 0.3) is 0 Å². The van der Waals surface area contributed by atoms with Crippen molar-refractivity contribution in [3.05, 3.63) is 0 Å². The Hall–Kier alpha value is -0.590. The summed E-state index contributed by atoms with van der Waals surface area (Å²) < 4.78 is 5.03. The molecule has 1 atom stereocenters. The number of hydrogen-bond acceptors (Lipinski definition) is 3. The molecule has 0 aromatic heterocycles. The van der Waals surface area contributed by atoms with Crippen molar-refractivity contribution in [2.24, 2.45) is 11.3 Å². The van der Waals surface area contributed by atoms with E-state index >= 15 is 0 Å². The van der Waals surface area contributed by atoms with Crippen LogP contribution in [0.3, 0.4) is 0 Å². The largest absolute Gasteiger partial charge is 0.384 e. The predicted octanol–water partition coefficient (Wildman–Crippen LogP) is 1.80. The zero-order valence-electron chi connectivity index (χ0n) is 9.76. The molecule has 0 aliphatic heterocycles. The maximum absolute atomic E-state index is 8.79. The molecule has 0 aromatic rings. The number of rotatable bonds is 7. The van der Waals surface area contributed by atoms with Gasteiger partial charge in [0.25, 0.3) is 0 Å². The molecule has 0 radical (unpaired) electrons. The first-order chi connectivity index (χ1) is 6.52. The highest BCUT2D eigenvalue weighted by Crippen LogP contribution is 2.17. The van der Waals surface area contributed by atoms with E-state index < -0.39 is 0 Å². The van der Waals surface area contributed by atoms with Gasteiger partial charge in [0, 0.05) is 13.7 Å². The average molecular weight is 198 g/mol. The van der Waals surface area contributed by atoms with Crippen molar-refractivity contribution in [1.82, 2.24) is 5.32 Å². The monoisotopic (exact) mass is 198 g/mol. The summed E-state index contributed by atoms with van der Waals surface area (Å²) in [5, 5.41) is 12.1. The Balaban J connectivity index is 3.43. The van der Waals surface area contributed by atoms with Crippen molar-refractivity contribution in [3.8, 4) is 6.07 Å². The lowest BCUT2D eigenvalue weighted by atomic mass is 9.91. The smallest absolute Gasteiger partial charge is 0.0684 e. The third-order valence-electron chi connectivity index (χ3n) is 2.17. The molecule has 0 saturated heterocycles. The SMILES string of the molecule is COCC(C)CNCCC(C)(C)C#N. The molecule has 0 rings (SSSR count). The van der Waals surface area contributed by atoms with Crippen LogP contribution in [0.15, 0.2) is 0 Å². The van der Waals surface area contributed by atoms with Gasteiger partial charge in [0.2, 0.25) is 0 Å². The molecule has 1 N–H and O–H groups in total. The topological polar surface area (TPSA) is 45.0 Å². The quantitative estimate of drug-likeness (QED) is 0.634. The Labute approximate surface area is 87.4 Å². The van der Waals surface area contributed by atoms with E-state index in [4.69, 9.17) is 10.00 Å². The molecule has 0 saturated carbocycles. The van der Waals surface area contributed by atoms with Gasteiger partial charge < -0.3 is 10.1 Å². The normalized spacial score (nSPS) is 13.6. The number of ether oxygens (including phenoxy) is 1. The van der Waals surface area contributed by atoms with Crippen molar-refractivity contribution in [3.63, 3.8) is 0 Å². The van der Waals surface area contributed by atoms with Crippen LogP contribution in [0.1, 0.15) is 27.2 Å². The molecule has 1 unspecified atom stereocenters. The Morgan fingerprint density at radius 3 is 2.64 bits per heavy atom. The molecule has 14 heavy (non-hydrogen) atoms. The summed E-state index contributed by atoms with van der Waals surface area (Å²) in [6, 6.07) is 2.29. The second-order valence-electron chi connectivity index (χ2n) is 4.51. The average Bonchev–Trinajstić information content (AvgIpc) is 2.13. The van der Waals surface area contributed by atoms with Gasteiger partial charge in [-0.15, -0.1) is 0 Å². The van der Waals surface area contributed by atoms with Crippen molar-refractivity contribution >= 4 is 0 Å². The highest BCUT2D eigenvalue weighted by molar-refractivity contribution is 4.91. The van der Waals surface area contributed by atoms with Crippen LogP contribution in [0.5, 0.6) is 0 Å². The van der Waals surface area contributed by atoms with Crippen LogP contribution in [-0.2, 0) is 4.74 Å². The Morgan fingerprint density at radius 2 is 2.14 bits per heavy atom. The van der Waals surface area contributed by atoms with Crippen molar-refractivity contribution < 1.29 is 4.74 Å². The molecular weight excluding hydrogens is 176 g/mol. The van der Waals surface area contributed by atoms with Crippen LogP contribution < -0.4 is 5.32 Å². The second-order valence-corrected chi connectivity index (χ2v) is 4.51. The first kappa shape index (κ1) is 13.4. The lowest BCUT2D eigenvalue weighted by Gasteiger charge is -2.16. The minimum atomic E-state index is -0.211. The number of methoxy groups -OCH3 is 1. The fourth-order valence-corrected chi connectivity index (χ4v) is 1.15. The van der Waals surface area contributed by atoms with Gasteiger partial charge in [-0.3, -0.25) is 0 Å². The Bertz CT molecular complexity index is 184. The van der Waals surface area contributed by atoms with Crippen LogP contribution >= 0.6 is 0 Å². The molecule has 3 heteroatoms. The molecule has 0 spiro atoms. The summed E-state index contributed by atoms with van der Waals surface area (Å²) in [7, 11) is 1.72. The van der Waals surface area contributed by atoms with E-state index in [1.165, 1.54) is 0 Å². The van der Waals surface area contributed by atoms with Gasteiger partial charge in [-0.05, 0) is 39.3 Å². The summed E-state index contributed by atoms with van der Waals surface area (Å²) in [4.78, 5) is 0. The summed E-state index contributed by atoms with van der Waals surface area (Å²) in [5.74, 6) is 0.533. The highest BCUT2D eigenvalue weighted by atomic mass is 16.5. The molecule has 0 heterocycles. The molecule has 0 amide bonds. The van der Waals surface area contributed by atoms with Gasteiger partial charge in [-0.1, -0.05) is 6.92 Å². The molecule has 82 valence electrons.